The van der Waals surface area contributed by atoms with Crippen LogP contribution < -0.4 is 0 Å². The molecule has 27 heavy (non-hydrogen) atoms. The van der Waals surface area contributed by atoms with E-state index in [9.17, 15) is 0 Å². The third kappa shape index (κ3) is 5.02. The lowest BCUT2D eigenvalue weighted by molar-refractivity contribution is 0.922. The van der Waals surface area contributed by atoms with E-state index in [0.717, 1.165) is 23.2 Å². The molecule has 0 unspecified atom stereocenters. The van der Waals surface area contributed by atoms with Crippen molar-refractivity contribution in [2.24, 2.45) is 4.99 Å². The van der Waals surface area contributed by atoms with Crippen molar-refractivity contribution < 1.29 is 0 Å². The predicted molar refractivity (Wildman–Crippen MR) is 118 cm³/mol. The molecule has 0 saturated heterocycles. The van der Waals surface area contributed by atoms with Gasteiger partial charge in [-0.1, -0.05) is 61.6 Å². The molecular formula is C25H21NS. The molecule has 0 aliphatic heterocycles. The van der Waals surface area contributed by atoms with Crippen molar-refractivity contribution in [3.05, 3.63) is 89.0 Å². The highest BCUT2D eigenvalue weighted by Crippen LogP contribution is 2.23. The quantitative estimate of drug-likeness (QED) is 0.282. The van der Waals surface area contributed by atoms with Crippen molar-refractivity contribution in [3.8, 4) is 23.0 Å². The topological polar surface area (TPSA) is 12.4 Å². The fourth-order valence-electron chi connectivity index (χ4n) is 2.95. The van der Waals surface area contributed by atoms with Crippen molar-refractivity contribution in [1.82, 2.24) is 0 Å². The number of benzene rings is 3. The Labute approximate surface area is 166 Å². The summed E-state index contributed by atoms with van der Waals surface area (Å²) in [6, 6.07) is 23.0. The molecule has 0 aliphatic carbocycles. The number of aryl methyl sites for hydroxylation is 2. The zero-order chi connectivity index (χ0) is 19.1. The molecule has 1 nitrogen and oxygen atoms in total. The van der Waals surface area contributed by atoms with Crippen LogP contribution in [0.4, 0.5) is 5.69 Å². The second-order valence-electron chi connectivity index (χ2n) is 6.48. The van der Waals surface area contributed by atoms with Gasteiger partial charge in [-0.25, -0.2) is 0 Å². The van der Waals surface area contributed by atoms with Crippen LogP contribution in [0.3, 0.4) is 0 Å². The molecule has 132 valence electrons. The third-order valence-electron chi connectivity index (χ3n) is 4.44. The van der Waals surface area contributed by atoms with E-state index in [1.165, 1.54) is 28.7 Å². The molecule has 2 heteroatoms. The minimum absolute atomic E-state index is 0.793. The first-order valence-corrected chi connectivity index (χ1v) is 9.50. The van der Waals surface area contributed by atoms with Crippen molar-refractivity contribution in [1.29, 1.82) is 0 Å². The minimum Gasteiger partial charge on any atom is -0.195 e. The maximum Gasteiger partial charge on any atom is 0.0740 e. The summed E-state index contributed by atoms with van der Waals surface area (Å²) in [5, 5.41) is 2.37. The van der Waals surface area contributed by atoms with Gasteiger partial charge in [0.05, 0.1) is 10.8 Å². The van der Waals surface area contributed by atoms with Gasteiger partial charge in [0.25, 0.3) is 0 Å². The van der Waals surface area contributed by atoms with Gasteiger partial charge in [-0.2, -0.15) is 4.99 Å². The van der Waals surface area contributed by atoms with Gasteiger partial charge in [0.2, 0.25) is 0 Å². The van der Waals surface area contributed by atoms with Gasteiger partial charge in [0.15, 0.2) is 0 Å². The first kappa shape index (κ1) is 18.8. The summed E-state index contributed by atoms with van der Waals surface area (Å²) in [6.07, 6.45) is 2.31. The lowest BCUT2D eigenvalue weighted by Gasteiger charge is -2.06. The summed E-state index contributed by atoms with van der Waals surface area (Å²) >= 11 is 4.62. The lowest BCUT2D eigenvalue weighted by Crippen LogP contribution is -1.87. The second kappa shape index (κ2) is 9.10. The van der Waals surface area contributed by atoms with Crippen LogP contribution in [0.1, 0.15) is 35.6 Å². The molecular weight excluding hydrogens is 346 g/mol. The van der Waals surface area contributed by atoms with Crippen molar-refractivity contribution in [2.45, 2.75) is 26.7 Å². The molecule has 0 bridgehead atoms. The van der Waals surface area contributed by atoms with Gasteiger partial charge in [-0.3, -0.25) is 0 Å². The summed E-state index contributed by atoms with van der Waals surface area (Å²) in [5.74, 6) is 6.48. The van der Waals surface area contributed by atoms with E-state index >= 15 is 0 Å². The molecule has 0 fully saturated rings. The monoisotopic (exact) mass is 367 g/mol. The highest BCUT2D eigenvalue weighted by molar-refractivity contribution is 7.78. The van der Waals surface area contributed by atoms with Crippen LogP contribution in [0.15, 0.2) is 71.7 Å². The number of hydrogen-bond donors (Lipinski definition) is 0. The Balaban J connectivity index is 1.80. The SMILES string of the molecule is CCCc1ccc(-c2ccc(C#Cc3ccc(N=C=S)cc3)c(C)c2)cc1. The van der Waals surface area contributed by atoms with E-state index in [0.29, 0.717) is 0 Å². The Hall–Kier alpha value is -2.98. The van der Waals surface area contributed by atoms with E-state index in [4.69, 9.17) is 0 Å². The van der Waals surface area contributed by atoms with Crippen LogP contribution in [0, 0.1) is 18.8 Å². The smallest absolute Gasteiger partial charge is 0.0740 e. The normalized spacial score (nSPS) is 9.85. The first-order chi connectivity index (χ1) is 13.2. The van der Waals surface area contributed by atoms with Gasteiger partial charge in [-0.05, 0) is 78.1 Å². The second-order valence-corrected chi connectivity index (χ2v) is 6.66. The van der Waals surface area contributed by atoms with Crippen LogP contribution in [0.2, 0.25) is 0 Å². The molecule has 0 spiro atoms. The van der Waals surface area contributed by atoms with E-state index in [1.807, 2.05) is 24.3 Å². The summed E-state index contributed by atoms with van der Waals surface area (Å²) < 4.78 is 0. The first-order valence-electron chi connectivity index (χ1n) is 9.09. The van der Waals surface area contributed by atoms with Crippen molar-refractivity contribution in [2.75, 3.05) is 0 Å². The standard InChI is InChI=1S/C25H21NS/c1-3-4-20-6-11-23(12-7-20)24-14-13-22(19(2)17-24)10-5-21-8-15-25(16-9-21)26-18-27/h6-9,11-17H,3-4H2,1-2H3. The molecule has 3 rings (SSSR count). The Kier molecular flexibility index (Phi) is 6.34. The lowest BCUT2D eigenvalue weighted by atomic mass is 9.98. The minimum atomic E-state index is 0.793. The summed E-state index contributed by atoms with van der Waals surface area (Å²) in [4.78, 5) is 3.95. The maximum atomic E-state index is 4.62. The van der Waals surface area contributed by atoms with Crippen molar-refractivity contribution >= 4 is 23.1 Å². The molecule has 0 N–H and O–H groups in total. The summed E-state index contributed by atoms with van der Waals surface area (Å²) in [7, 11) is 0. The fourth-order valence-corrected chi connectivity index (χ4v) is 3.05. The van der Waals surface area contributed by atoms with Gasteiger partial charge in [0.1, 0.15) is 0 Å². The molecule has 3 aromatic rings. The number of hydrogen-bond acceptors (Lipinski definition) is 2. The van der Waals surface area contributed by atoms with Crippen LogP contribution in [0.25, 0.3) is 11.1 Å². The molecule has 0 saturated carbocycles. The van der Waals surface area contributed by atoms with E-state index in [-0.39, 0.29) is 0 Å². The Bertz CT molecular complexity index is 1030. The molecule has 0 atom stereocenters. The molecule has 0 radical (unpaired) electrons. The fraction of sp³-hybridized carbons (Fsp3) is 0.160. The zero-order valence-electron chi connectivity index (χ0n) is 15.6. The third-order valence-corrected chi connectivity index (χ3v) is 4.53. The Morgan fingerprint density at radius 3 is 2.19 bits per heavy atom. The number of thiocarbonyl (C=S) groups is 1. The summed E-state index contributed by atoms with van der Waals surface area (Å²) in [5.41, 5.74) is 7.83. The maximum absolute atomic E-state index is 4.62. The molecule has 0 aliphatic rings. The highest BCUT2D eigenvalue weighted by atomic mass is 32.1. The van der Waals surface area contributed by atoms with Crippen LogP contribution in [-0.4, -0.2) is 5.16 Å². The average Bonchev–Trinajstić information content (AvgIpc) is 2.69. The van der Waals surface area contributed by atoms with Crippen LogP contribution in [-0.2, 0) is 6.42 Å². The number of aliphatic imine (C=N–C) groups is 1. The molecule has 0 aromatic heterocycles. The van der Waals surface area contributed by atoms with Crippen LogP contribution >= 0.6 is 12.2 Å². The predicted octanol–water partition coefficient (Wildman–Crippen LogP) is 6.75. The Morgan fingerprint density at radius 2 is 1.56 bits per heavy atom. The van der Waals surface area contributed by atoms with Gasteiger partial charge < -0.3 is 0 Å². The van der Waals surface area contributed by atoms with E-state index < -0.39 is 0 Å². The van der Waals surface area contributed by atoms with Gasteiger partial charge >= 0.3 is 0 Å². The zero-order valence-corrected chi connectivity index (χ0v) is 16.4. The van der Waals surface area contributed by atoms with E-state index in [1.54, 1.807) is 0 Å². The molecule has 0 heterocycles. The molecule has 3 aromatic carbocycles. The van der Waals surface area contributed by atoms with E-state index in [2.05, 4.69) is 90.5 Å². The molecule has 0 amide bonds. The van der Waals surface area contributed by atoms with Gasteiger partial charge in [-0.15, -0.1) is 0 Å². The number of isothiocyanates is 1. The number of nitrogens with zero attached hydrogens (tertiary/aromatic N) is 1. The summed E-state index contributed by atoms with van der Waals surface area (Å²) in [6.45, 7) is 4.31. The van der Waals surface area contributed by atoms with Crippen molar-refractivity contribution in [3.63, 3.8) is 0 Å². The number of rotatable bonds is 4. The average molecular weight is 368 g/mol. The highest BCUT2D eigenvalue weighted by Gasteiger charge is 2.01. The largest absolute Gasteiger partial charge is 0.195 e. The van der Waals surface area contributed by atoms with Crippen LogP contribution in [0.5, 0.6) is 0 Å². The van der Waals surface area contributed by atoms with Gasteiger partial charge in [0, 0.05) is 11.1 Å². The Morgan fingerprint density at radius 1 is 0.852 bits per heavy atom.